The summed E-state index contributed by atoms with van der Waals surface area (Å²) in [4.78, 5) is 16.2. The molecule has 19 heavy (non-hydrogen) atoms. The first-order valence-electron chi connectivity index (χ1n) is 5.77. The van der Waals surface area contributed by atoms with Crippen LogP contribution in [0.5, 0.6) is 0 Å². The van der Waals surface area contributed by atoms with Crippen LogP contribution in [-0.4, -0.2) is 24.3 Å². The van der Waals surface area contributed by atoms with Crippen LogP contribution in [0.4, 0.5) is 0 Å². The van der Waals surface area contributed by atoms with Gasteiger partial charge in [-0.2, -0.15) is 0 Å². The molecule has 0 aromatic carbocycles. The third-order valence-electron chi connectivity index (χ3n) is 2.94. The zero-order valence-electron chi connectivity index (χ0n) is 10.2. The second kappa shape index (κ2) is 4.71. The number of nitrogens with zero attached hydrogens (tertiary/aromatic N) is 4. The normalized spacial score (nSPS) is 11.2. The summed E-state index contributed by atoms with van der Waals surface area (Å²) in [7, 11) is 0. The first-order chi connectivity index (χ1) is 9.20. The fourth-order valence-electron chi connectivity index (χ4n) is 1.93. The number of thiophene rings is 1. The molecule has 8 heteroatoms. The Labute approximate surface area is 117 Å². The van der Waals surface area contributed by atoms with Crippen LogP contribution < -0.4 is 5.56 Å². The van der Waals surface area contributed by atoms with Crippen LogP contribution >= 0.6 is 23.6 Å². The van der Waals surface area contributed by atoms with Crippen molar-refractivity contribution in [3.8, 4) is 0 Å². The summed E-state index contributed by atoms with van der Waals surface area (Å²) in [5.41, 5.74) is -0.0920. The zero-order chi connectivity index (χ0) is 13.4. The monoisotopic (exact) mass is 293 g/mol. The van der Waals surface area contributed by atoms with Crippen molar-refractivity contribution in [3.63, 3.8) is 0 Å². The number of rotatable bonds is 3. The SMILES string of the molecule is CCn1cnnc1Cn1c(=S)[nH]c2sccc2c1=O. The van der Waals surface area contributed by atoms with Crippen molar-refractivity contribution in [1.82, 2.24) is 24.3 Å². The van der Waals surface area contributed by atoms with Gasteiger partial charge in [-0.05, 0) is 30.6 Å². The van der Waals surface area contributed by atoms with Gasteiger partial charge in [-0.3, -0.25) is 9.36 Å². The Morgan fingerprint density at radius 1 is 1.53 bits per heavy atom. The second-order valence-corrected chi connectivity index (χ2v) is 5.32. The van der Waals surface area contributed by atoms with E-state index in [9.17, 15) is 4.79 Å². The first kappa shape index (κ1) is 12.2. The largest absolute Gasteiger partial charge is 0.323 e. The van der Waals surface area contributed by atoms with E-state index in [1.165, 1.54) is 15.9 Å². The number of H-pyrrole nitrogens is 1. The van der Waals surface area contributed by atoms with E-state index in [0.717, 1.165) is 17.2 Å². The van der Waals surface area contributed by atoms with E-state index in [2.05, 4.69) is 15.2 Å². The van der Waals surface area contributed by atoms with Gasteiger partial charge >= 0.3 is 0 Å². The molecule has 0 radical (unpaired) electrons. The number of nitrogens with one attached hydrogen (secondary N) is 1. The second-order valence-electron chi connectivity index (χ2n) is 4.02. The fraction of sp³-hybridized carbons (Fsp3) is 0.273. The smallest absolute Gasteiger partial charge is 0.263 e. The Balaban J connectivity index is 2.15. The van der Waals surface area contributed by atoms with Gasteiger partial charge in [-0.1, -0.05) is 0 Å². The summed E-state index contributed by atoms with van der Waals surface area (Å²) < 4.78 is 3.81. The predicted molar refractivity (Wildman–Crippen MR) is 76.1 cm³/mol. The Bertz CT molecular complexity index is 841. The molecular formula is C11H11N5OS2. The number of aromatic amines is 1. The van der Waals surface area contributed by atoms with E-state index in [0.29, 0.717) is 16.7 Å². The highest BCUT2D eigenvalue weighted by Crippen LogP contribution is 2.14. The molecule has 0 aliphatic carbocycles. The summed E-state index contributed by atoms with van der Waals surface area (Å²) in [6, 6.07) is 1.80. The van der Waals surface area contributed by atoms with Gasteiger partial charge in [0.05, 0.1) is 11.9 Å². The highest BCUT2D eigenvalue weighted by atomic mass is 32.1. The molecule has 0 saturated heterocycles. The summed E-state index contributed by atoms with van der Waals surface area (Å²) in [6.45, 7) is 3.08. The highest BCUT2D eigenvalue weighted by molar-refractivity contribution is 7.71. The van der Waals surface area contributed by atoms with Gasteiger partial charge in [0.25, 0.3) is 5.56 Å². The van der Waals surface area contributed by atoms with E-state index in [-0.39, 0.29) is 5.56 Å². The van der Waals surface area contributed by atoms with Gasteiger partial charge in [0.2, 0.25) is 0 Å². The number of aromatic nitrogens is 5. The lowest BCUT2D eigenvalue weighted by atomic mass is 10.4. The third-order valence-corrected chi connectivity index (χ3v) is 4.09. The van der Waals surface area contributed by atoms with Crippen LogP contribution in [-0.2, 0) is 13.1 Å². The van der Waals surface area contributed by atoms with Crippen LogP contribution in [0.15, 0.2) is 22.6 Å². The van der Waals surface area contributed by atoms with E-state index >= 15 is 0 Å². The third kappa shape index (κ3) is 2.02. The average molecular weight is 293 g/mol. The molecule has 3 aromatic rings. The maximum atomic E-state index is 12.4. The molecule has 0 saturated carbocycles. The van der Waals surface area contributed by atoms with E-state index < -0.39 is 0 Å². The Hall–Kier alpha value is -1.80. The standard InChI is InChI=1S/C11H11N5OS2/c1-2-15-6-12-14-8(15)5-16-10(17)7-3-4-19-9(7)13-11(16)18/h3-4,6H,2,5H2,1H3,(H,13,18). The molecule has 3 heterocycles. The predicted octanol–water partition coefficient (Wildman–Crippen LogP) is 1.78. The molecule has 0 spiro atoms. The van der Waals surface area contributed by atoms with Crippen molar-refractivity contribution in [2.24, 2.45) is 0 Å². The van der Waals surface area contributed by atoms with Crippen molar-refractivity contribution >= 4 is 33.8 Å². The molecule has 0 aliphatic rings. The van der Waals surface area contributed by atoms with Gasteiger partial charge in [-0.15, -0.1) is 21.5 Å². The van der Waals surface area contributed by atoms with Crippen LogP contribution in [0.25, 0.3) is 10.2 Å². The maximum Gasteiger partial charge on any atom is 0.263 e. The zero-order valence-corrected chi connectivity index (χ0v) is 11.8. The van der Waals surface area contributed by atoms with Gasteiger partial charge in [0.1, 0.15) is 11.2 Å². The quantitative estimate of drug-likeness (QED) is 0.747. The van der Waals surface area contributed by atoms with Crippen LogP contribution in [0, 0.1) is 4.77 Å². The summed E-state index contributed by atoms with van der Waals surface area (Å²) in [6.07, 6.45) is 1.65. The van der Waals surface area contributed by atoms with Crippen molar-refractivity contribution in [2.45, 2.75) is 20.0 Å². The molecule has 3 aromatic heterocycles. The van der Waals surface area contributed by atoms with Gasteiger partial charge < -0.3 is 9.55 Å². The number of hydrogen-bond donors (Lipinski definition) is 1. The summed E-state index contributed by atoms with van der Waals surface area (Å²) >= 11 is 6.71. The van der Waals surface area contributed by atoms with Crippen LogP contribution in [0.1, 0.15) is 12.7 Å². The molecule has 0 aliphatic heterocycles. The van der Waals surface area contributed by atoms with Gasteiger partial charge in [0.15, 0.2) is 10.6 Å². The lowest BCUT2D eigenvalue weighted by Crippen LogP contribution is -2.23. The van der Waals surface area contributed by atoms with Crippen molar-refractivity contribution in [1.29, 1.82) is 0 Å². The van der Waals surface area contributed by atoms with Crippen molar-refractivity contribution in [2.75, 3.05) is 0 Å². The molecule has 3 rings (SSSR count). The minimum atomic E-state index is -0.0920. The Morgan fingerprint density at radius 3 is 3.16 bits per heavy atom. The maximum absolute atomic E-state index is 12.4. The topological polar surface area (TPSA) is 68.5 Å². The average Bonchev–Trinajstić information content (AvgIpc) is 3.02. The van der Waals surface area contributed by atoms with Crippen LogP contribution in [0.3, 0.4) is 0 Å². The first-order valence-corrected chi connectivity index (χ1v) is 7.06. The van der Waals surface area contributed by atoms with Crippen molar-refractivity contribution in [3.05, 3.63) is 38.7 Å². The summed E-state index contributed by atoms with van der Waals surface area (Å²) in [5.74, 6) is 0.721. The van der Waals surface area contributed by atoms with Gasteiger partial charge in [0, 0.05) is 6.54 Å². The molecular weight excluding hydrogens is 282 g/mol. The summed E-state index contributed by atoms with van der Waals surface area (Å²) in [5, 5.41) is 10.4. The Kier molecular flexibility index (Phi) is 3.03. The molecule has 0 bridgehead atoms. The molecule has 0 amide bonds. The molecule has 0 unspecified atom stereocenters. The molecule has 1 N–H and O–H groups in total. The lowest BCUT2D eigenvalue weighted by molar-refractivity contribution is 0.630. The van der Waals surface area contributed by atoms with E-state index in [1.807, 2.05) is 16.9 Å². The van der Waals surface area contributed by atoms with Gasteiger partial charge in [-0.25, -0.2) is 0 Å². The van der Waals surface area contributed by atoms with Crippen LogP contribution in [0.2, 0.25) is 0 Å². The molecule has 6 nitrogen and oxygen atoms in total. The van der Waals surface area contributed by atoms with E-state index in [4.69, 9.17) is 12.2 Å². The fourth-order valence-corrected chi connectivity index (χ4v) is 3.02. The molecule has 98 valence electrons. The Morgan fingerprint density at radius 2 is 2.37 bits per heavy atom. The van der Waals surface area contributed by atoms with E-state index in [1.54, 1.807) is 12.4 Å². The number of fused-ring (bicyclic) bond motifs is 1. The number of aryl methyl sites for hydroxylation is 1. The minimum Gasteiger partial charge on any atom is -0.323 e. The minimum absolute atomic E-state index is 0.0920. The highest BCUT2D eigenvalue weighted by Gasteiger charge is 2.10. The number of hydrogen-bond acceptors (Lipinski definition) is 5. The molecule has 0 fully saturated rings. The lowest BCUT2D eigenvalue weighted by Gasteiger charge is -2.06. The molecule has 0 atom stereocenters. The van der Waals surface area contributed by atoms with Crippen molar-refractivity contribution < 1.29 is 0 Å².